The molecule has 0 heterocycles. The predicted octanol–water partition coefficient (Wildman–Crippen LogP) is 1.98. The van der Waals surface area contributed by atoms with Gasteiger partial charge in [0.25, 0.3) is 0 Å². The van der Waals surface area contributed by atoms with E-state index in [1.807, 2.05) is 30.3 Å². The van der Waals surface area contributed by atoms with Crippen LogP contribution in [0.2, 0.25) is 0 Å². The zero-order chi connectivity index (χ0) is 10.7. The summed E-state index contributed by atoms with van der Waals surface area (Å²) in [7, 11) is 3.26. The van der Waals surface area contributed by atoms with Crippen LogP contribution in [0.15, 0.2) is 48.5 Å². The molecule has 2 rings (SSSR count). The second-order valence-corrected chi connectivity index (χ2v) is 3.63. The Hall–Kier alpha value is -1.74. The highest BCUT2D eigenvalue weighted by Gasteiger charge is 2.00. The van der Waals surface area contributed by atoms with Gasteiger partial charge in [-0.25, -0.2) is 0 Å². The fraction of sp³-hybridized carbons (Fsp3) is 0. The van der Waals surface area contributed by atoms with E-state index in [4.69, 9.17) is 4.74 Å². The van der Waals surface area contributed by atoms with Crippen LogP contribution in [-0.2, 0) is 0 Å². The number of aromatic hydroxyl groups is 1. The third-order valence-electron chi connectivity index (χ3n) is 1.95. The van der Waals surface area contributed by atoms with E-state index in [2.05, 4.69) is 10.2 Å². The molecule has 3 radical (unpaired) electrons. The SMILES string of the molecule is Oc1cc(Oc2ccccc2)ccc1[Si]. The van der Waals surface area contributed by atoms with Gasteiger partial charge in [0.1, 0.15) is 17.2 Å². The zero-order valence-corrected chi connectivity index (χ0v) is 8.97. The Morgan fingerprint density at radius 1 is 0.933 bits per heavy atom. The number of phenolic OH excluding ortho intramolecular Hbond substituents is 1. The minimum Gasteiger partial charge on any atom is -0.508 e. The first-order valence-corrected chi connectivity index (χ1v) is 5.03. The summed E-state index contributed by atoms with van der Waals surface area (Å²) in [6.45, 7) is 0. The van der Waals surface area contributed by atoms with E-state index in [1.54, 1.807) is 18.2 Å². The molecule has 2 nitrogen and oxygen atoms in total. The molecular formula is C12H9O2Si. The largest absolute Gasteiger partial charge is 0.508 e. The molecule has 0 atom stereocenters. The number of rotatable bonds is 2. The first kappa shape index (κ1) is 9.80. The highest BCUT2D eigenvalue weighted by molar-refractivity contribution is 6.34. The number of para-hydroxylation sites is 1. The smallest absolute Gasteiger partial charge is 0.131 e. The molecule has 15 heavy (non-hydrogen) atoms. The summed E-state index contributed by atoms with van der Waals surface area (Å²) in [6, 6.07) is 14.5. The fourth-order valence-electron chi connectivity index (χ4n) is 1.20. The van der Waals surface area contributed by atoms with Gasteiger partial charge in [-0.2, -0.15) is 0 Å². The molecule has 0 spiro atoms. The molecule has 2 aromatic carbocycles. The molecule has 0 amide bonds. The lowest BCUT2D eigenvalue weighted by Gasteiger charge is -2.06. The van der Waals surface area contributed by atoms with Gasteiger partial charge in [0.2, 0.25) is 0 Å². The maximum atomic E-state index is 9.45. The second kappa shape index (κ2) is 4.19. The van der Waals surface area contributed by atoms with Gasteiger partial charge in [-0.15, -0.1) is 0 Å². The van der Waals surface area contributed by atoms with E-state index in [0.29, 0.717) is 10.9 Å². The van der Waals surface area contributed by atoms with Crippen molar-refractivity contribution in [1.29, 1.82) is 0 Å². The fourth-order valence-corrected chi connectivity index (χ4v) is 1.36. The lowest BCUT2D eigenvalue weighted by molar-refractivity contribution is 0.458. The zero-order valence-electron chi connectivity index (χ0n) is 7.97. The van der Waals surface area contributed by atoms with Crippen molar-refractivity contribution in [3.05, 3.63) is 48.5 Å². The Morgan fingerprint density at radius 3 is 2.33 bits per heavy atom. The first-order chi connectivity index (χ1) is 7.25. The third-order valence-corrected chi connectivity index (χ3v) is 2.37. The molecule has 2 aromatic rings. The number of hydrogen-bond acceptors (Lipinski definition) is 2. The van der Waals surface area contributed by atoms with Crippen LogP contribution >= 0.6 is 0 Å². The normalized spacial score (nSPS) is 9.93. The molecule has 0 saturated carbocycles. The molecule has 0 bridgehead atoms. The predicted molar refractivity (Wildman–Crippen MR) is 60.0 cm³/mol. The molecule has 0 aliphatic rings. The van der Waals surface area contributed by atoms with Crippen molar-refractivity contribution in [1.82, 2.24) is 0 Å². The van der Waals surface area contributed by atoms with Gasteiger partial charge in [0.15, 0.2) is 0 Å². The summed E-state index contributed by atoms with van der Waals surface area (Å²) in [5.74, 6) is 1.53. The molecule has 73 valence electrons. The summed E-state index contributed by atoms with van der Waals surface area (Å²) >= 11 is 0. The van der Waals surface area contributed by atoms with Crippen molar-refractivity contribution < 1.29 is 9.84 Å². The van der Waals surface area contributed by atoms with E-state index in [1.165, 1.54) is 0 Å². The van der Waals surface area contributed by atoms with Gasteiger partial charge >= 0.3 is 0 Å². The third kappa shape index (κ3) is 2.38. The number of hydrogen-bond donors (Lipinski definition) is 1. The van der Waals surface area contributed by atoms with E-state index in [-0.39, 0.29) is 5.75 Å². The molecule has 3 heteroatoms. The van der Waals surface area contributed by atoms with Crippen LogP contribution in [0.3, 0.4) is 0 Å². The summed E-state index contributed by atoms with van der Waals surface area (Å²) in [4.78, 5) is 0. The van der Waals surface area contributed by atoms with Crippen molar-refractivity contribution in [3.8, 4) is 17.2 Å². The molecular weight excluding hydrogens is 204 g/mol. The van der Waals surface area contributed by atoms with Crippen molar-refractivity contribution in [2.75, 3.05) is 0 Å². The first-order valence-electron chi connectivity index (χ1n) is 4.53. The highest BCUT2D eigenvalue weighted by Crippen LogP contribution is 2.22. The van der Waals surface area contributed by atoms with Gasteiger partial charge in [-0.3, -0.25) is 0 Å². The maximum absolute atomic E-state index is 9.45. The minimum absolute atomic E-state index is 0.167. The van der Waals surface area contributed by atoms with E-state index in [9.17, 15) is 5.11 Å². The monoisotopic (exact) mass is 213 g/mol. The van der Waals surface area contributed by atoms with Gasteiger partial charge in [0, 0.05) is 6.07 Å². The topological polar surface area (TPSA) is 29.5 Å². The Morgan fingerprint density at radius 2 is 1.67 bits per heavy atom. The molecule has 0 saturated heterocycles. The Kier molecular flexibility index (Phi) is 2.74. The average molecular weight is 213 g/mol. The summed E-state index contributed by atoms with van der Waals surface area (Å²) in [6.07, 6.45) is 0. The van der Waals surface area contributed by atoms with Crippen molar-refractivity contribution in [2.45, 2.75) is 0 Å². The lowest BCUT2D eigenvalue weighted by atomic mass is 10.3. The van der Waals surface area contributed by atoms with Crippen LogP contribution < -0.4 is 9.92 Å². The van der Waals surface area contributed by atoms with E-state index in [0.717, 1.165) is 5.75 Å². The quantitative estimate of drug-likeness (QED) is 0.773. The van der Waals surface area contributed by atoms with Crippen molar-refractivity contribution in [3.63, 3.8) is 0 Å². The molecule has 0 aromatic heterocycles. The van der Waals surface area contributed by atoms with Crippen LogP contribution in [0.5, 0.6) is 17.2 Å². The number of ether oxygens (including phenoxy) is 1. The second-order valence-electron chi connectivity index (χ2n) is 3.09. The Balaban J connectivity index is 2.22. The minimum atomic E-state index is 0.167. The van der Waals surface area contributed by atoms with Crippen LogP contribution in [0.4, 0.5) is 0 Å². The highest BCUT2D eigenvalue weighted by atomic mass is 28.1. The summed E-state index contributed by atoms with van der Waals surface area (Å²) in [5.41, 5.74) is 0. The van der Waals surface area contributed by atoms with Gasteiger partial charge < -0.3 is 9.84 Å². The molecule has 0 aliphatic heterocycles. The van der Waals surface area contributed by atoms with Gasteiger partial charge in [-0.1, -0.05) is 24.3 Å². The van der Waals surface area contributed by atoms with Crippen LogP contribution in [0.25, 0.3) is 0 Å². The summed E-state index contributed by atoms with van der Waals surface area (Å²) in [5, 5.41) is 10.1. The molecule has 0 fully saturated rings. The number of benzene rings is 2. The summed E-state index contributed by atoms with van der Waals surface area (Å²) < 4.78 is 5.53. The number of phenols is 1. The lowest BCUT2D eigenvalue weighted by Crippen LogP contribution is -2.01. The van der Waals surface area contributed by atoms with Crippen molar-refractivity contribution in [2.24, 2.45) is 0 Å². The van der Waals surface area contributed by atoms with E-state index < -0.39 is 0 Å². The maximum Gasteiger partial charge on any atom is 0.131 e. The average Bonchev–Trinajstić information content (AvgIpc) is 2.25. The van der Waals surface area contributed by atoms with Crippen LogP contribution in [-0.4, -0.2) is 15.3 Å². The molecule has 1 N–H and O–H groups in total. The van der Waals surface area contributed by atoms with Crippen LogP contribution in [0.1, 0.15) is 0 Å². The van der Waals surface area contributed by atoms with E-state index >= 15 is 0 Å². The Bertz CT molecular complexity index is 454. The van der Waals surface area contributed by atoms with Crippen molar-refractivity contribution >= 4 is 15.4 Å². The standard InChI is InChI=1S/C12H9O2Si/c13-11-8-10(6-7-12(11)15)14-9-4-2-1-3-5-9/h1-8,13H. The van der Waals surface area contributed by atoms with Crippen LogP contribution in [0, 0.1) is 0 Å². The Labute approximate surface area is 91.6 Å². The van der Waals surface area contributed by atoms with Gasteiger partial charge in [0.05, 0.1) is 10.2 Å². The molecule has 0 unspecified atom stereocenters. The molecule has 0 aliphatic carbocycles. The van der Waals surface area contributed by atoms with Gasteiger partial charge in [-0.05, 0) is 23.4 Å².